The predicted octanol–water partition coefficient (Wildman–Crippen LogP) is 1.60. The van der Waals surface area contributed by atoms with Crippen LogP contribution >= 0.6 is 0 Å². The number of quaternary nitrogens is 1. The van der Waals surface area contributed by atoms with Crippen molar-refractivity contribution in [3.8, 4) is 5.75 Å². The van der Waals surface area contributed by atoms with Crippen LogP contribution in [0.25, 0.3) is 0 Å². The summed E-state index contributed by atoms with van der Waals surface area (Å²) in [6.07, 6.45) is 1.47. The molecule has 0 fully saturated rings. The third-order valence-corrected chi connectivity index (χ3v) is 3.86. The lowest BCUT2D eigenvalue weighted by Gasteiger charge is -2.23. The van der Waals surface area contributed by atoms with Crippen molar-refractivity contribution in [3.05, 3.63) is 29.8 Å². The Morgan fingerprint density at radius 3 is 2.22 bits per heavy atom. The second-order valence-electron chi connectivity index (χ2n) is 7.39. The molecule has 0 saturated heterocycles. The summed E-state index contributed by atoms with van der Waals surface area (Å²) in [5, 5.41) is 20.1. The van der Waals surface area contributed by atoms with Gasteiger partial charge in [-0.15, -0.1) is 0 Å². The first kappa shape index (κ1) is 22.4. The fourth-order valence-corrected chi connectivity index (χ4v) is 2.35. The molecule has 3 N–H and O–H groups in total. The van der Waals surface area contributed by atoms with Crippen molar-refractivity contribution in [2.24, 2.45) is 0 Å². The van der Waals surface area contributed by atoms with Gasteiger partial charge in [-0.1, -0.05) is 0 Å². The highest BCUT2D eigenvalue weighted by Crippen LogP contribution is 2.13. The van der Waals surface area contributed by atoms with E-state index in [0.29, 0.717) is 12.4 Å². The Hall–Kier alpha value is -2.61. The largest absolute Gasteiger partial charge is 0.494 e. The summed E-state index contributed by atoms with van der Waals surface area (Å²) in [6, 6.07) is 5.16. The van der Waals surface area contributed by atoms with Gasteiger partial charge in [-0.25, -0.2) is 4.79 Å². The number of carboxylic acid groups (broad SMARTS) is 2. The fourth-order valence-electron chi connectivity index (χ4n) is 2.35. The average molecular weight is 381 g/mol. The molecule has 1 aromatic rings. The zero-order valence-corrected chi connectivity index (χ0v) is 16.1. The summed E-state index contributed by atoms with van der Waals surface area (Å²) in [5.74, 6) is -2.31. The monoisotopic (exact) mass is 381 g/mol. The van der Waals surface area contributed by atoms with E-state index in [9.17, 15) is 14.4 Å². The van der Waals surface area contributed by atoms with Gasteiger partial charge < -0.3 is 24.7 Å². The van der Waals surface area contributed by atoms with Crippen molar-refractivity contribution in [2.75, 3.05) is 34.3 Å². The van der Waals surface area contributed by atoms with E-state index >= 15 is 0 Å². The Morgan fingerprint density at radius 1 is 1.07 bits per heavy atom. The normalized spacial score (nSPS) is 12.3. The maximum atomic E-state index is 12.1. The molecule has 8 heteroatoms. The van der Waals surface area contributed by atoms with E-state index in [-0.39, 0.29) is 18.4 Å². The Labute approximate surface area is 159 Å². The summed E-state index contributed by atoms with van der Waals surface area (Å²) >= 11 is 0. The van der Waals surface area contributed by atoms with Crippen LogP contribution in [0.5, 0.6) is 5.75 Å². The third kappa shape index (κ3) is 9.60. The van der Waals surface area contributed by atoms with Gasteiger partial charge >= 0.3 is 11.9 Å². The topological polar surface area (TPSA) is 113 Å². The molecule has 0 aliphatic heterocycles. The molecule has 0 saturated carbocycles. The fraction of sp³-hybridized carbons (Fsp3) is 0.526. The highest BCUT2D eigenvalue weighted by molar-refractivity contribution is 5.96. The van der Waals surface area contributed by atoms with Crippen LogP contribution in [0.1, 0.15) is 36.0 Å². The van der Waals surface area contributed by atoms with E-state index < -0.39 is 23.9 Å². The van der Waals surface area contributed by atoms with Crippen molar-refractivity contribution < 1.29 is 33.8 Å². The molecule has 0 unspecified atom stereocenters. The van der Waals surface area contributed by atoms with Crippen LogP contribution in [0, 0.1) is 0 Å². The first-order valence-corrected chi connectivity index (χ1v) is 8.87. The Balaban J connectivity index is 2.48. The van der Waals surface area contributed by atoms with Gasteiger partial charge in [-0.05, 0) is 43.5 Å². The first-order chi connectivity index (χ1) is 12.6. The number of aliphatic carboxylic acids is 2. The van der Waals surface area contributed by atoms with Gasteiger partial charge in [0.15, 0.2) is 0 Å². The number of carbonyl (C=O) groups is 3. The second kappa shape index (κ2) is 10.5. The van der Waals surface area contributed by atoms with Crippen LogP contribution in [-0.4, -0.2) is 72.9 Å². The standard InChI is InChI=1S/C19H28N2O6/c1-21(2,3)12-4-5-13-27-15-8-6-14(7-9-15)18(24)20-16(19(25)26)10-11-17(22)23/h6-9,16H,4-5,10-13H2,1-3H3,(H2-,20,22,23,24,25,26)/p+1/t16-/m1/s1. The number of nitrogens with one attached hydrogen (secondary N) is 1. The van der Waals surface area contributed by atoms with Crippen LogP contribution in [0.2, 0.25) is 0 Å². The molecule has 0 aromatic heterocycles. The second-order valence-corrected chi connectivity index (χ2v) is 7.39. The minimum absolute atomic E-state index is 0.176. The zero-order valence-electron chi connectivity index (χ0n) is 16.1. The molecule has 0 bridgehead atoms. The van der Waals surface area contributed by atoms with E-state index in [1.807, 2.05) is 0 Å². The molecule has 0 radical (unpaired) electrons. The molecule has 150 valence electrons. The number of amides is 1. The number of hydrogen-bond donors (Lipinski definition) is 3. The molecule has 1 atom stereocenters. The SMILES string of the molecule is C[N+](C)(C)CCCCOc1ccc(C(=O)N[C@H](CCC(=O)O)C(=O)O)cc1. The van der Waals surface area contributed by atoms with Gasteiger partial charge in [0, 0.05) is 12.0 Å². The zero-order chi connectivity index (χ0) is 20.4. The summed E-state index contributed by atoms with van der Waals surface area (Å²) in [5.41, 5.74) is 0.286. The number of rotatable bonds is 12. The highest BCUT2D eigenvalue weighted by Gasteiger charge is 2.21. The Kier molecular flexibility index (Phi) is 8.74. The summed E-state index contributed by atoms with van der Waals surface area (Å²) in [4.78, 5) is 33.9. The quantitative estimate of drug-likeness (QED) is 0.374. The molecular weight excluding hydrogens is 352 g/mol. The molecule has 0 aliphatic carbocycles. The van der Waals surface area contributed by atoms with Crippen molar-refractivity contribution in [1.29, 1.82) is 0 Å². The lowest BCUT2D eigenvalue weighted by Crippen LogP contribution is -2.41. The maximum absolute atomic E-state index is 12.1. The minimum Gasteiger partial charge on any atom is -0.494 e. The molecule has 1 rings (SSSR count). The Morgan fingerprint density at radius 2 is 1.70 bits per heavy atom. The van der Waals surface area contributed by atoms with E-state index in [1.165, 1.54) is 0 Å². The van der Waals surface area contributed by atoms with Gasteiger partial charge in [-0.2, -0.15) is 0 Å². The smallest absolute Gasteiger partial charge is 0.326 e. The summed E-state index contributed by atoms with van der Waals surface area (Å²) in [7, 11) is 6.42. The lowest BCUT2D eigenvalue weighted by atomic mass is 10.1. The van der Waals surface area contributed by atoms with Gasteiger partial charge in [0.25, 0.3) is 5.91 Å². The predicted molar refractivity (Wildman–Crippen MR) is 99.8 cm³/mol. The van der Waals surface area contributed by atoms with Gasteiger partial charge in [0.2, 0.25) is 0 Å². The molecule has 27 heavy (non-hydrogen) atoms. The lowest BCUT2D eigenvalue weighted by molar-refractivity contribution is -0.870. The maximum Gasteiger partial charge on any atom is 0.326 e. The minimum atomic E-state index is -1.27. The number of benzene rings is 1. The molecule has 1 amide bonds. The number of ether oxygens (including phenoxy) is 1. The van der Waals surface area contributed by atoms with Crippen LogP contribution in [-0.2, 0) is 9.59 Å². The van der Waals surface area contributed by atoms with E-state index in [1.54, 1.807) is 24.3 Å². The molecule has 1 aromatic carbocycles. The third-order valence-electron chi connectivity index (χ3n) is 3.86. The first-order valence-electron chi connectivity index (χ1n) is 8.87. The van der Waals surface area contributed by atoms with Crippen molar-refractivity contribution in [3.63, 3.8) is 0 Å². The van der Waals surface area contributed by atoms with Crippen LogP contribution in [0.3, 0.4) is 0 Å². The van der Waals surface area contributed by atoms with Crippen molar-refractivity contribution >= 4 is 17.8 Å². The van der Waals surface area contributed by atoms with Crippen LogP contribution in [0.4, 0.5) is 0 Å². The molecule has 0 aliphatic rings. The number of nitrogens with zero attached hydrogens (tertiary/aromatic N) is 1. The number of hydrogen-bond acceptors (Lipinski definition) is 4. The molecule has 8 nitrogen and oxygen atoms in total. The molecule has 0 spiro atoms. The number of unbranched alkanes of at least 4 members (excludes halogenated alkanes) is 1. The highest BCUT2D eigenvalue weighted by atomic mass is 16.5. The van der Waals surface area contributed by atoms with Crippen molar-refractivity contribution in [2.45, 2.75) is 31.7 Å². The van der Waals surface area contributed by atoms with E-state index in [2.05, 4.69) is 26.5 Å². The van der Waals surface area contributed by atoms with E-state index in [4.69, 9.17) is 14.9 Å². The summed E-state index contributed by atoms with van der Waals surface area (Å²) in [6.45, 7) is 1.65. The van der Waals surface area contributed by atoms with Crippen molar-refractivity contribution in [1.82, 2.24) is 5.32 Å². The summed E-state index contributed by atoms with van der Waals surface area (Å²) < 4.78 is 6.55. The Bertz CT molecular complexity index is 637. The van der Waals surface area contributed by atoms with Crippen LogP contribution in [0.15, 0.2) is 24.3 Å². The average Bonchev–Trinajstić information content (AvgIpc) is 2.57. The van der Waals surface area contributed by atoms with E-state index in [0.717, 1.165) is 23.9 Å². The number of carboxylic acids is 2. The van der Waals surface area contributed by atoms with Gasteiger partial charge in [-0.3, -0.25) is 9.59 Å². The molecular formula is C19H29N2O6+. The van der Waals surface area contributed by atoms with Gasteiger partial charge in [0.1, 0.15) is 11.8 Å². The molecule has 0 heterocycles. The van der Waals surface area contributed by atoms with Gasteiger partial charge in [0.05, 0.1) is 34.3 Å². The van der Waals surface area contributed by atoms with Crippen LogP contribution < -0.4 is 10.1 Å². The number of carbonyl (C=O) groups excluding carboxylic acids is 1.